The van der Waals surface area contributed by atoms with Crippen molar-refractivity contribution in [2.45, 2.75) is 19.9 Å². The van der Waals surface area contributed by atoms with E-state index in [2.05, 4.69) is 4.74 Å². The lowest BCUT2D eigenvalue weighted by molar-refractivity contribution is -0.144. The minimum absolute atomic E-state index is 0. The molecule has 0 radical (unpaired) electrons. The lowest BCUT2D eigenvalue weighted by Crippen LogP contribution is -2.34. The molecule has 0 bridgehead atoms. The smallest absolute Gasteiger partial charge is 0.331 e. The van der Waals surface area contributed by atoms with E-state index in [0.29, 0.717) is 19.0 Å². The Labute approximate surface area is 112 Å². The van der Waals surface area contributed by atoms with E-state index in [1.807, 2.05) is 0 Å². The van der Waals surface area contributed by atoms with Gasteiger partial charge in [-0.3, -0.25) is 4.79 Å². The zero-order valence-corrected chi connectivity index (χ0v) is 11.5. The summed E-state index contributed by atoms with van der Waals surface area (Å²) in [5, 5.41) is 1.55. The predicted molar refractivity (Wildman–Crippen MR) is 70.1 cm³/mol. The van der Waals surface area contributed by atoms with Gasteiger partial charge in [-0.2, -0.15) is 0 Å². The molecule has 0 amide bonds. The van der Waals surface area contributed by atoms with Gasteiger partial charge >= 0.3 is 11.9 Å². The molecular weight excluding hydrogens is 266 g/mol. The summed E-state index contributed by atoms with van der Waals surface area (Å²) in [7, 11) is 0. The Morgan fingerprint density at radius 3 is 2.41 bits per heavy atom. The van der Waals surface area contributed by atoms with Crippen molar-refractivity contribution in [3.63, 3.8) is 0 Å². The van der Waals surface area contributed by atoms with Crippen molar-refractivity contribution < 1.29 is 19.1 Å². The van der Waals surface area contributed by atoms with E-state index in [0.717, 1.165) is 0 Å². The number of hydrogen-bond donors (Lipinski definition) is 1. The minimum Gasteiger partial charge on any atom is -0.465 e. The molecule has 0 aliphatic heterocycles. The van der Waals surface area contributed by atoms with Crippen molar-refractivity contribution in [3.8, 4) is 0 Å². The molecule has 7 heteroatoms. The topological polar surface area (TPSA) is 78.6 Å². The maximum Gasteiger partial charge on any atom is 0.331 e. The van der Waals surface area contributed by atoms with Crippen LogP contribution in [0.25, 0.3) is 0 Å². The molecule has 2 N–H and O–H groups in total. The highest BCUT2D eigenvalue weighted by Gasteiger charge is 2.13. The summed E-state index contributed by atoms with van der Waals surface area (Å²) in [5.41, 5.74) is 5.53. The van der Waals surface area contributed by atoms with Crippen LogP contribution in [-0.4, -0.2) is 36.9 Å². The van der Waals surface area contributed by atoms with Crippen LogP contribution < -0.4 is 5.73 Å². The highest BCUT2D eigenvalue weighted by Crippen LogP contribution is 2.04. The Hall–Kier alpha value is -0.720. The average Bonchev–Trinajstić information content (AvgIpc) is 2.24. The van der Waals surface area contributed by atoms with Crippen LogP contribution in [0.2, 0.25) is 0 Å². The molecule has 0 aromatic carbocycles. The zero-order valence-electron chi connectivity index (χ0n) is 9.88. The van der Waals surface area contributed by atoms with Crippen molar-refractivity contribution in [2.24, 2.45) is 5.73 Å². The Bertz CT molecular complexity index is 261. The molecule has 5 nitrogen and oxygen atoms in total. The van der Waals surface area contributed by atoms with E-state index in [4.69, 9.17) is 10.5 Å². The lowest BCUT2D eigenvalue weighted by Gasteiger charge is -2.07. The first-order valence-corrected chi connectivity index (χ1v) is 6.03. The molecule has 0 saturated carbocycles. The Balaban J connectivity index is 0. The van der Waals surface area contributed by atoms with Gasteiger partial charge in [-0.25, -0.2) is 4.79 Å². The van der Waals surface area contributed by atoms with Crippen LogP contribution in [0.3, 0.4) is 0 Å². The van der Waals surface area contributed by atoms with Crippen LogP contribution >= 0.6 is 24.2 Å². The maximum atomic E-state index is 11.1. The molecule has 0 heterocycles. The quantitative estimate of drug-likeness (QED) is 0.557. The van der Waals surface area contributed by atoms with E-state index < -0.39 is 18.0 Å². The minimum atomic E-state index is -0.670. The van der Waals surface area contributed by atoms with Gasteiger partial charge in [0.1, 0.15) is 6.04 Å². The molecule has 1 unspecified atom stereocenters. The van der Waals surface area contributed by atoms with Gasteiger partial charge < -0.3 is 15.2 Å². The Kier molecular flexibility index (Phi) is 12.9. The summed E-state index contributed by atoms with van der Waals surface area (Å²) in [5.74, 6) is -0.464. The van der Waals surface area contributed by atoms with Gasteiger partial charge in [0.25, 0.3) is 0 Å². The number of nitrogens with two attached hydrogens (primary N) is 1. The first kappa shape index (κ1) is 18.6. The molecule has 0 aromatic heterocycles. The van der Waals surface area contributed by atoms with E-state index in [1.165, 1.54) is 17.8 Å². The number of carbonyl (C=O) groups excluding carboxylic acids is 2. The van der Waals surface area contributed by atoms with Gasteiger partial charge in [-0.15, -0.1) is 24.2 Å². The molecule has 0 rings (SSSR count). The van der Waals surface area contributed by atoms with Crippen molar-refractivity contribution in [3.05, 3.63) is 11.5 Å². The molecule has 0 aromatic rings. The molecule has 0 aliphatic rings. The first-order chi connectivity index (χ1) is 7.61. The summed E-state index contributed by atoms with van der Waals surface area (Å²) in [6, 6.07) is -0.670. The Morgan fingerprint density at radius 1 is 1.29 bits per heavy atom. The third-order valence-electron chi connectivity index (χ3n) is 1.45. The SMILES string of the molecule is CCOC(=O)/C=C/SCC(N)C(=O)OCC.Cl. The van der Waals surface area contributed by atoms with Crippen LogP contribution in [0.15, 0.2) is 11.5 Å². The summed E-state index contributed by atoms with van der Waals surface area (Å²) < 4.78 is 9.40. The van der Waals surface area contributed by atoms with Gasteiger partial charge in [0.15, 0.2) is 0 Å². The normalized spacial score (nSPS) is 11.7. The van der Waals surface area contributed by atoms with Gasteiger partial charge in [0, 0.05) is 11.8 Å². The van der Waals surface area contributed by atoms with Crippen LogP contribution in [0.4, 0.5) is 0 Å². The summed E-state index contributed by atoms with van der Waals surface area (Å²) in [6.45, 7) is 4.11. The van der Waals surface area contributed by atoms with Crippen LogP contribution in [-0.2, 0) is 19.1 Å². The van der Waals surface area contributed by atoms with Crippen LogP contribution in [0.5, 0.6) is 0 Å². The van der Waals surface area contributed by atoms with Crippen LogP contribution in [0.1, 0.15) is 13.8 Å². The molecule has 0 saturated heterocycles. The van der Waals surface area contributed by atoms with E-state index in [-0.39, 0.29) is 12.4 Å². The molecule has 1 atom stereocenters. The third kappa shape index (κ3) is 10.2. The largest absolute Gasteiger partial charge is 0.465 e. The standard InChI is InChI=1S/C10H17NO4S.ClH/c1-3-14-9(12)5-6-16-7-8(11)10(13)15-4-2;/h5-6,8H,3-4,7,11H2,1-2H3;1H/b6-5+;. The Morgan fingerprint density at radius 2 is 1.88 bits per heavy atom. The number of rotatable bonds is 7. The summed E-state index contributed by atoms with van der Waals surface area (Å²) in [6.07, 6.45) is 1.30. The van der Waals surface area contributed by atoms with Crippen molar-refractivity contribution in [1.29, 1.82) is 0 Å². The zero-order chi connectivity index (χ0) is 12.4. The van der Waals surface area contributed by atoms with E-state index in [1.54, 1.807) is 19.3 Å². The van der Waals surface area contributed by atoms with Crippen LogP contribution in [0, 0.1) is 0 Å². The molecule has 100 valence electrons. The van der Waals surface area contributed by atoms with Gasteiger partial charge in [-0.1, -0.05) is 0 Å². The second-order valence-electron chi connectivity index (χ2n) is 2.75. The molecular formula is C10H18ClNO4S. The van der Waals surface area contributed by atoms with Gasteiger partial charge in [0.05, 0.1) is 13.2 Å². The van der Waals surface area contributed by atoms with Crippen molar-refractivity contribution in [2.75, 3.05) is 19.0 Å². The molecule has 0 aliphatic carbocycles. The van der Waals surface area contributed by atoms with E-state index in [9.17, 15) is 9.59 Å². The second kappa shape index (κ2) is 11.8. The first-order valence-electron chi connectivity index (χ1n) is 4.98. The van der Waals surface area contributed by atoms with E-state index >= 15 is 0 Å². The van der Waals surface area contributed by atoms with Crippen molar-refractivity contribution in [1.82, 2.24) is 0 Å². The number of thioether (sulfide) groups is 1. The number of ether oxygens (including phenoxy) is 2. The third-order valence-corrected chi connectivity index (χ3v) is 2.33. The monoisotopic (exact) mass is 283 g/mol. The summed E-state index contributed by atoms with van der Waals surface area (Å²) >= 11 is 1.26. The van der Waals surface area contributed by atoms with Gasteiger partial charge in [0.2, 0.25) is 0 Å². The average molecular weight is 284 g/mol. The number of carbonyl (C=O) groups is 2. The number of esters is 2. The van der Waals surface area contributed by atoms with Gasteiger partial charge in [-0.05, 0) is 19.3 Å². The molecule has 17 heavy (non-hydrogen) atoms. The molecule has 0 fully saturated rings. The number of halogens is 1. The fraction of sp³-hybridized carbons (Fsp3) is 0.600. The fourth-order valence-corrected chi connectivity index (χ4v) is 1.43. The highest BCUT2D eigenvalue weighted by molar-refractivity contribution is 8.02. The predicted octanol–water partition coefficient (Wildman–Crippen LogP) is 1.11. The fourth-order valence-electron chi connectivity index (χ4n) is 0.771. The number of hydrogen-bond acceptors (Lipinski definition) is 6. The summed E-state index contributed by atoms with van der Waals surface area (Å²) in [4.78, 5) is 22.0. The lowest BCUT2D eigenvalue weighted by atomic mass is 10.4. The highest BCUT2D eigenvalue weighted by atomic mass is 35.5. The second-order valence-corrected chi connectivity index (χ2v) is 3.69. The van der Waals surface area contributed by atoms with Crippen molar-refractivity contribution >= 4 is 36.1 Å². The molecule has 0 spiro atoms. The maximum absolute atomic E-state index is 11.1.